The smallest absolute Gasteiger partial charge is 0.170 e. The summed E-state index contributed by atoms with van der Waals surface area (Å²) in [5, 5.41) is 7.31. The fourth-order valence-corrected chi connectivity index (χ4v) is 1.76. The van der Waals surface area contributed by atoms with Gasteiger partial charge in [0.1, 0.15) is 0 Å². The van der Waals surface area contributed by atoms with Crippen LogP contribution in [0.5, 0.6) is 0 Å². The van der Waals surface area contributed by atoms with Crippen molar-refractivity contribution in [3.63, 3.8) is 0 Å². The molecule has 3 nitrogen and oxygen atoms in total. The highest BCUT2D eigenvalue weighted by Gasteiger charge is 2.02. The first-order valence-electron chi connectivity index (χ1n) is 5.52. The lowest BCUT2D eigenvalue weighted by Gasteiger charge is -2.12. The zero-order chi connectivity index (χ0) is 12.7. The van der Waals surface area contributed by atoms with Gasteiger partial charge in [-0.3, -0.25) is 0 Å². The summed E-state index contributed by atoms with van der Waals surface area (Å²) in [5.74, 6) is 0. The minimum Gasteiger partial charge on any atom is -0.380 e. The second-order valence-corrected chi connectivity index (χ2v) is 4.38. The number of thiocarbonyl (C=S) groups is 1. The summed E-state index contributed by atoms with van der Waals surface area (Å²) < 4.78 is 5.20. The number of anilines is 1. The predicted octanol–water partition coefficient (Wildman–Crippen LogP) is 2.97. The van der Waals surface area contributed by atoms with Crippen LogP contribution >= 0.6 is 23.8 Å². The van der Waals surface area contributed by atoms with Gasteiger partial charge in [-0.05, 0) is 43.8 Å². The first-order valence-corrected chi connectivity index (χ1v) is 6.31. The monoisotopic (exact) mass is 272 g/mol. The Morgan fingerprint density at radius 1 is 1.47 bits per heavy atom. The van der Waals surface area contributed by atoms with E-state index in [4.69, 9.17) is 28.6 Å². The molecule has 0 aromatic heterocycles. The van der Waals surface area contributed by atoms with E-state index in [0.717, 1.165) is 11.3 Å². The minimum atomic E-state index is 0.551. The normalized spacial score (nSPS) is 10.1. The third-order valence-electron chi connectivity index (χ3n) is 2.11. The van der Waals surface area contributed by atoms with Gasteiger partial charge < -0.3 is 15.4 Å². The molecular weight excluding hydrogens is 256 g/mol. The molecule has 0 spiro atoms. The molecule has 0 aliphatic rings. The number of hydrogen-bond donors (Lipinski definition) is 2. The Hall–Kier alpha value is -0.840. The third kappa shape index (κ3) is 5.35. The molecule has 0 bridgehead atoms. The molecule has 1 rings (SSSR count). The lowest BCUT2D eigenvalue weighted by atomic mass is 10.2. The second-order valence-electron chi connectivity index (χ2n) is 3.56. The number of aryl methyl sites for hydroxylation is 1. The highest BCUT2D eigenvalue weighted by atomic mass is 35.5. The summed E-state index contributed by atoms with van der Waals surface area (Å²) >= 11 is 11.2. The van der Waals surface area contributed by atoms with Gasteiger partial charge in [-0.2, -0.15) is 0 Å². The highest BCUT2D eigenvalue weighted by molar-refractivity contribution is 7.80. The van der Waals surface area contributed by atoms with Crippen molar-refractivity contribution >= 4 is 34.6 Å². The Bertz CT molecular complexity index is 385. The molecule has 0 atom stereocenters. The van der Waals surface area contributed by atoms with Gasteiger partial charge in [0.05, 0.1) is 17.3 Å². The Morgan fingerprint density at radius 3 is 2.88 bits per heavy atom. The number of halogens is 1. The Balaban J connectivity index is 2.40. The summed E-state index contributed by atoms with van der Waals surface area (Å²) in [6.45, 7) is 5.99. The molecule has 2 N–H and O–H groups in total. The zero-order valence-electron chi connectivity index (χ0n) is 10.0. The second kappa shape index (κ2) is 7.48. The van der Waals surface area contributed by atoms with Crippen LogP contribution in [-0.2, 0) is 4.74 Å². The van der Waals surface area contributed by atoms with Gasteiger partial charge in [-0.25, -0.2) is 0 Å². The summed E-state index contributed by atoms with van der Waals surface area (Å²) in [6.07, 6.45) is 0. The van der Waals surface area contributed by atoms with E-state index >= 15 is 0 Å². The third-order valence-corrected chi connectivity index (χ3v) is 2.67. The fourth-order valence-electron chi connectivity index (χ4n) is 1.27. The molecule has 0 heterocycles. The van der Waals surface area contributed by atoms with E-state index in [1.807, 2.05) is 32.0 Å². The fraction of sp³-hybridized carbons (Fsp3) is 0.417. The maximum Gasteiger partial charge on any atom is 0.170 e. The van der Waals surface area contributed by atoms with Crippen molar-refractivity contribution in [2.75, 3.05) is 25.1 Å². The number of nitrogens with one attached hydrogen (secondary N) is 2. The largest absolute Gasteiger partial charge is 0.380 e. The molecule has 0 radical (unpaired) electrons. The average Bonchev–Trinajstić information content (AvgIpc) is 2.28. The number of hydrogen-bond acceptors (Lipinski definition) is 2. The first kappa shape index (κ1) is 14.2. The molecule has 17 heavy (non-hydrogen) atoms. The maximum atomic E-state index is 6.08. The minimum absolute atomic E-state index is 0.551. The maximum absolute atomic E-state index is 6.08. The van der Waals surface area contributed by atoms with Crippen molar-refractivity contribution in [3.8, 4) is 0 Å². The van der Waals surface area contributed by atoms with Crippen LogP contribution in [0.1, 0.15) is 12.5 Å². The van der Waals surface area contributed by atoms with Crippen molar-refractivity contribution in [2.45, 2.75) is 13.8 Å². The van der Waals surface area contributed by atoms with Gasteiger partial charge >= 0.3 is 0 Å². The van der Waals surface area contributed by atoms with Gasteiger partial charge in [0.15, 0.2) is 5.11 Å². The van der Waals surface area contributed by atoms with Gasteiger partial charge in [0.2, 0.25) is 0 Å². The van der Waals surface area contributed by atoms with Crippen molar-refractivity contribution < 1.29 is 4.74 Å². The standard InChI is InChI=1S/C12H17ClN2OS/c1-3-16-7-6-14-12(17)15-11-5-4-9(2)8-10(11)13/h4-5,8H,3,6-7H2,1-2H3,(H2,14,15,17). The summed E-state index contributed by atoms with van der Waals surface area (Å²) in [7, 11) is 0. The molecule has 0 amide bonds. The lowest BCUT2D eigenvalue weighted by Crippen LogP contribution is -2.31. The van der Waals surface area contributed by atoms with E-state index in [2.05, 4.69) is 10.6 Å². The SMILES string of the molecule is CCOCCNC(=S)Nc1ccc(C)cc1Cl. The van der Waals surface area contributed by atoms with Crippen molar-refractivity contribution in [3.05, 3.63) is 28.8 Å². The van der Waals surface area contributed by atoms with Crippen LogP contribution in [0.25, 0.3) is 0 Å². The Morgan fingerprint density at radius 2 is 2.24 bits per heavy atom. The first-order chi connectivity index (χ1) is 8.13. The Labute approximate surface area is 112 Å². The van der Waals surface area contributed by atoms with Crippen LogP contribution in [0.2, 0.25) is 5.02 Å². The van der Waals surface area contributed by atoms with Gasteiger partial charge in [0, 0.05) is 13.2 Å². The predicted molar refractivity (Wildman–Crippen MR) is 76.9 cm³/mol. The molecular formula is C12H17ClN2OS. The van der Waals surface area contributed by atoms with Crippen molar-refractivity contribution in [1.29, 1.82) is 0 Å². The number of rotatable bonds is 5. The quantitative estimate of drug-likeness (QED) is 0.638. The molecule has 1 aromatic rings. The molecule has 0 fully saturated rings. The van der Waals surface area contributed by atoms with E-state index < -0.39 is 0 Å². The van der Waals surface area contributed by atoms with Crippen LogP contribution in [0.15, 0.2) is 18.2 Å². The van der Waals surface area contributed by atoms with Crippen LogP contribution in [0.3, 0.4) is 0 Å². The van der Waals surface area contributed by atoms with Gasteiger partial charge in [0.25, 0.3) is 0 Å². The van der Waals surface area contributed by atoms with Gasteiger partial charge in [-0.15, -0.1) is 0 Å². The van der Waals surface area contributed by atoms with Crippen LogP contribution in [0.4, 0.5) is 5.69 Å². The summed E-state index contributed by atoms with van der Waals surface area (Å²) in [5.41, 5.74) is 1.93. The van der Waals surface area contributed by atoms with E-state index in [-0.39, 0.29) is 0 Å². The van der Waals surface area contributed by atoms with E-state index in [9.17, 15) is 0 Å². The molecule has 0 aliphatic carbocycles. The van der Waals surface area contributed by atoms with E-state index in [1.54, 1.807) is 0 Å². The topological polar surface area (TPSA) is 33.3 Å². The molecule has 5 heteroatoms. The van der Waals surface area contributed by atoms with Gasteiger partial charge in [-0.1, -0.05) is 17.7 Å². The molecule has 0 saturated heterocycles. The van der Waals surface area contributed by atoms with Crippen molar-refractivity contribution in [2.24, 2.45) is 0 Å². The average molecular weight is 273 g/mol. The van der Waals surface area contributed by atoms with Crippen LogP contribution < -0.4 is 10.6 Å². The molecule has 0 aliphatic heterocycles. The summed E-state index contributed by atoms with van der Waals surface area (Å²) in [6, 6.07) is 5.79. The van der Waals surface area contributed by atoms with Crippen LogP contribution in [0, 0.1) is 6.92 Å². The molecule has 0 saturated carbocycles. The van der Waals surface area contributed by atoms with Crippen molar-refractivity contribution in [1.82, 2.24) is 5.32 Å². The lowest BCUT2D eigenvalue weighted by molar-refractivity contribution is 0.152. The number of ether oxygens (including phenoxy) is 1. The van der Waals surface area contributed by atoms with E-state index in [1.165, 1.54) is 0 Å². The van der Waals surface area contributed by atoms with Crippen LogP contribution in [-0.4, -0.2) is 24.9 Å². The number of benzene rings is 1. The summed E-state index contributed by atoms with van der Waals surface area (Å²) in [4.78, 5) is 0. The Kier molecular flexibility index (Phi) is 6.26. The molecule has 0 unspecified atom stereocenters. The zero-order valence-corrected chi connectivity index (χ0v) is 11.6. The molecule has 94 valence electrons. The van der Waals surface area contributed by atoms with E-state index in [0.29, 0.717) is 29.9 Å². The molecule has 1 aromatic carbocycles. The highest BCUT2D eigenvalue weighted by Crippen LogP contribution is 2.22.